The van der Waals surface area contributed by atoms with Crippen LogP contribution in [0.4, 0.5) is 5.69 Å². The van der Waals surface area contributed by atoms with Crippen LogP contribution in [0.2, 0.25) is 0 Å². The summed E-state index contributed by atoms with van der Waals surface area (Å²) in [5.74, 6) is 0.0637. The summed E-state index contributed by atoms with van der Waals surface area (Å²) in [6.07, 6.45) is 4.43. The quantitative estimate of drug-likeness (QED) is 0.739. The van der Waals surface area contributed by atoms with Crippen molar-refractivity contribution in [2.24, 2.45) is 0 Å². The van der Waals surface area contributed by atoms with E-state index in [0.29, 0.717) is 19.6 Å². The zero-order chi connectivity index (χ0) is 20.6. The highest BCUT2D eigenvalue weighted by atomic mass is 16.2. The molecule has 1 aliphatic rings. The number of amides is 2. The van der Waals surface area contributed by atoms with E-state index in [9.17, 15) is 9.59 Å². The number of rotatable bonds is 6. The molecule has 2 aromatic rings. The molecule has 2 N–H and O–H groups in total. The normalized spacial score (nSPS) is 14.9. The molecule has 0 saturated carbocycles. The van der Waals surface area contributed by atoms with E-state index < -0.39 is 0 Å². The molecule has 0 unspecified atom stereocenters. The first-order chi connectivity index (χ1) is 14.1. The average molecular weight is 393 g/mol. The van der Waals surface area contributed by atoms with E-state index >= 15 is 0 Å². The van der Waals surface area contributed by atoms with Crippen LogP contribution < -0.4 is 10.2 Å². The molecule has 2 amide bonds. The highest BCUT2D eigenvalue weighted by Crippen LogP contribution is 2.15. The number of quaternary nitrogens is 1. The molecule has 0 radical (unpaired) electrons. The Morgan fingerprint density at radius 1 is 1.07 bits per heavy atom. The minimum atomic E-state index is 0.0279. The van der Waals surface area contributed by atoms with Crippen LogP contribution in [0.15, 0.2) is 54.6 Å². The van der Waals surface area contributed by atoms with Gasteiger partial charge in [-0.25, -0.2) is 0 Å². The summed E-state index contributed by atoms with van der Waals surface area (Å²) in [5.41, 5.74) is 4.26. The number of anilines is 1. The van der Waals surface area contributed by atoms with Gasteiger partial charge in [-0.15, -0.1) is 0 Å². The second-order valence-corrected chi connectivity index (χ2v) is 7.50. The van der Waals surface area contributed by atoms with Crippen LogP contribution in [-0.4, -0.2) is 49.4 Å². The Labute approximate surface area is 173 Å². The molecule has 0 spiro atoms. The molecule has 29 heavy (non-hydrogen) atoms. The Hall–Kier alpha value is -2.92. The molecule has 1 saturated heterocycles. The van der Waals surface area contributed by atoms with Crippen molar-refractivity contribution in [2.75, 3.05) is 38.0 Å². The molecule has 2 aromatic carbocycles. The number of carbonyl (C=O) groups is 2. The molecule has 0 atom stereocenters. The lowest BCUT2D eigenvalue weighted by molar-refractivity contribution is -0.895. The molecule has 152 valence electrons. The third kappa shape index (κ3) is 5.78. The van der Waals surface area contributed by atoms with E-state index in [1.54, 1.807) is 6.08 Å². The van der Waals surface area contributed by atoms with Crippen molar-refractivity contribution in [1.82, 2.24) is 4.90 Å². The van der Waals surface area contributed by atoms with Crippen LogP contribution in [0.1, 0.15) is 23.6 Å². The van der Waals surface area contributed by atoms with Gasteiger partial charge in [0, 0.05) is 11.8 Å². The summed E-state index contributed by atoms with van der Waals surface area (Å²) in [4.78, 5) is 28.0. The summed E-state index contributed by atoms with van der Waals surface area (Å²) < 4.78 is 0. The monoisotopic (exact) mass is 392 g/mol. The molecule has 1 heterocycles. The van der Waals surface area contributed by atoms with Crippen molar-refractivity contribution in [3.63, 3.8) is 0 Å². The third-order valence-corrected chi connectivity index (χ3v) is 5.46. The Balaban J connectivity index is 1.47. The fraction of sp³-hybridized carbons (Fsp3) is 0.333. The van der Waals surface area contributed by atoms with Crippen LogP contribution in [0.25, 0.3) is 6.08 Å². The van der Waals surface area contributed by atoms with Gasteiger partial charge in [0.05, 0.1) is 26.2 Å². The second kappa shape index (κ2) is 10.0. The minimum absolute atomic E-state index is 0.0279. The van der Waals surface area contributed by atoms with Gasteiger partial charge in [0.2, 0.25) is 5.91 Å². The molecular weight excluding hydrogens is 362 g/mol. The average Bonchev–Trinajstić information content (AvgIpc) is 2.74. The third-order valence-electron chi connectivity index (χ3n) is 5.46. The van der Waals surface area contributed by atoms with E-state index in [0.717, 1.165) is 41.9 Å². The molecule has 0 bridgehead atoms. The minimum Gasteiger partial charge on any atom is -0.328 e. The zero-order valence-electron chi connectivity index (χ0n) is 17.3. The Bertz CT molecular complexity index is 883. The Morgan fingerprint density at radius 3 is 2.48 bits per heavy atom. The van der Waals surface area contributed by atoms with E-state index in [-0.39, 0.29) is 11.8 Å². The van der Waals surface area contributed by atoms with Gasteiger partial charge >= 0.3 is 0 Å². The lowest BCUT2D eigenvalue weighted by Crippen LogP contribution is -3.15. The van der Waals surface area contributed by atoms with E-state index in [2.05, 4.69) is 12.2 Å². The summed E-state index contributed by atoms with van der Waals surface area (Å²) in [6.45, 7) is 7.46. The number of hydrogen-bond donors (Lipinski definition) is 2. The number of carbonyl (C=O) groups excluding carboxylic acids is 2. The lowest BCUT2D eigenvalue weighted by atomic mass is 10.1. The van der Waals surface area contributed by atoms with Crippen LogP contribution in [0, 0.1) is 6.92 Å². The maximum atomic E-state index is 12.5. The van der Waals surface area contributed by atoms with Crippen molar-refractivity contribution >= 4 is 23.6 Å². The predicted molar refractivity (Wildman–Crippen MR) is 117 cm³/mol. The number of piperazine rings is 1. The molecule has 5 nitrogen and oxygen atoms in total. The molecule has 5 heteroatoms. The van der Waals surface area contributed by atoms with E-state index in [1.807, 2.05) is 66.4 Å². The van der Waals surface area contributed by atoms with Crippen molar-refractivity contribution in [2.45, 2.75) is 20.3 Å². The van der Waals surface area contributed by atoms with Crippen molar-refractivity contribution in [3.8, 4) is 0 Å². The molecule has 3 rings (SSSR count). The predicted octanol–water partition coefficient (Wildman–Crippen LogP) is 1.94. The lowest BCUT2D eigenvalue weighted by Gasteiger charge is -2.31. The molecular formula is C24H30N3O2+. The van der Waals surface area contributed by atoms with Crippen LogP contribution in [-0.2, 0) is 16.0 Å². The van der Waals surface area contributed by atoms with Gasteiger partial charge in [0.15, 0.2) is 6.54 Å². The van der Waals surface area contributed by atoms with Gasteiger partial charge in [0.25, 0.3) is 5.91 Å². The van der Waals surface area contributed by atoms with Crippen molar-refractivity contribution in [1.29, 1.82) is 0 Å². The van der Waals surface area contributed by atoms with Gasteiger partial charge in [-0.05, 0) is 42.2 Å². The zero-order valence-corrected chi connectivity index (χ0v) is 17.3. The van der Waals surface area contributed by atoms with Gasteiger partial charge in [0.1, 0.15) is 0 Å². The number of nitrogens with one attached hydrogen (secondary N) is 2. The molecule has 1 fully saturated rings. The number of nitrogens with zero attached hydrogens (tertiary/aromatic N) is 1. The van der Waals surface area contributed by atoms with Crippen molar-refractivity contribution in [3.05, 3.63) is 71.3 Å². The van der Waals surface area contributed by atoms with Crippen LogP contribution in [0.5, 0.6) is 0 Å². The van der Waals surface area contributed by atoms with Gasteiger partial charge in [-0.3, -0.25) is 9.59 Å². The highest BCUT2D eigenvalue weighted by molar-refractivity contribution is 5.93. The number of hydrogen-bond acceptors (Lipinski definition) is 2. The fourth-order valence-electron chi connectivity index (χ4n) is 3.63. The maximum absolute atomic E-state index is 12.5. The first-order valence-corrected chi connectivity index (χ1v) is 10.3. The molecule has 0 aromatic heterocycles. The van der Waals surface area contributed by atoms with E-state index in [1.165, 1.54) is 4.90 Å². The molecule has 0 aliphatic carbocycles. The van der Waals surface area contributed by atoms with Crippen LogP contribution in [0.3, 0.4) is 0 Å². The molecule has 1 aliphatic heterocycles. The largest absolute Gasteiger partial charge is 0.328 e. The summed E-state index contributed by atoms with van der Waals surface area (Å²) >= 11 is 0. The first kappa shape index (κ1) is 20.8. The number of benzene rings is 2. The first-order valence-electron chi connectivity index (χ1n) is 10.3. The van der Waals surface area contributed by atoms with Crippen LogP contribution >= 0.6 is 0 Å². The van der Waals surface area contributed by atoms with Crippen molar-refractivity contribution < 1.29 is 14.5 Å². The van der Waals surface area contributed by atoms with Gasteiger partial charge in [-0.2, -0.15) is 0 Å². The maximum Gasteiger partial charge on any atom is 0.279 e. The fourth-order valence-corrected chi connectivity index (χ4v) is 3.63. The second-order valence-electron chi connectivity index (χ2n) is 7.50. The SMILES string of the molecule is CCc1ccccc1NC(=O)C[NH+]1CCN(C(=O)/C=C/c2ccccc2C)CC1. The topological polar surface area (TPSA) is 53.9 Å². The number of para-hydroxylation sites is 1. The summed E-state index contributed by atoms with van der Waals surface area (Å²) in [5, 5.41) is 3.03. The van der Waals surface area contributed by atoms with Gasteiger partial charge in [-0.1, -0.05) is 49.4 Å². The smallest absolute Gasteiger partial charge is 0.279 e. The number of aryl methyl sites for hydroxylation is 2. The standard InChI is InChI=1S/C24H29N3O2/c1-3-20-9-6-7-11-22(20)25-23(28)18-26-14-16-27(17-15-26)24(29)13-12-21-10-5-4-8-19(21)2/h4-13H,3,14-18H2,1-2H3,(H,25,28)/p+1/b13-12+. The summed E-state index contributed by atoms with van der Waals surface area (Å²) in [6, 6.07) is 15.9. The Morgan fingerprint density at radius 2 is 1.76 bits per heavy atom. The van der Waals surface area contributed by atoms with Gasteiger partial charge < -0.3 is 15.1 Å². The van der Waals surface area contributed by atoms with E-state index in [4.69, 9.17) is 0 Å². The summed E-state index contributed by atoms with van der Waals surface area (Å²) in [7, 11) is 0. The highest BCUT2D eigenvalue weighted by Gasteiger charge is 2.24. The Kier molecular flexibility index (Phi) is 7.19.